The van der Waals surface area contributed by atoms with E-state index in [2.05, 4.69) is 44.8 Å². The SMILES string of the molecule is CCNCC(CC)(CC)CN1CC(C)OCC1C. The summed E-state index contributed by atoms with van der Waals surface area (Å²) in [6, 6.07) is 0.556. The van der Waals surface area contributed by atoms with Gasteiger partial charge in [0.05, 0.1) is 12.7 Å². The third-order valence-corrected chi connectivity index (χ3v) is 4.53. The zero-order chi connectivity index (χ0) is 13.6. The number of rotatable bonds is 7. The molecule has 0 saturated carbocycles. The van der Waals surface area contributed by atoms with Crippen molar-refractivity contribution >= 4 is 0 Å². The first-order valence-electron chi connectivity index (χ1n) is 7.63. The summed E-state index contributed by atoms with van der Waals surface area (Å²) in [5.41, 5.74) is 0.418. The number of nitrogens with zero attached hydrogens (tertiary/aromatic N) is 1. The van der Waals surface area contributed by atoms with Gasteiger partial charge in [-0.05, 0) is 38.6 Å². The van der Waals surface area contributed by atoms with Crippen molar-refractivity contribution in [1.82, 2.24) is 10.2 Å². The van der Waals surface area contributed by atoms with Crippen LogP contribution in [0.3, 0.4) is 0 Å². The van der Waals surface area contributed by atoms with Crippen molar-refractivity contribution in [3.63, 3.8) is 0 Å². The highest BCUT2D eigenvalue weighted by Crippen LogP contribution is 2.29. The predicted molar refractivity (Wildman–Crippen MR) is 78.0 cm³/mol. The van der Waals surface area contributed by atoms with Crippen molar-refractivity contribution in [1.29, 1.82) is 0 Å². The molecule has 1 aliphatic heterocycles. The van der Waals surface area contributed by atoms with Crippen LogP contribution in [0.4, 0.5) is 0 Å². The van der Waals surface area contributed by atoms with E-state index in [1.165, 1.54) is 19.4 Å². The van der Waals surface area contributed by atoms with Crippen molar-refractivity contribution in [2.45, 2.75) is 59.6 Å². The molecule has 3 nitrogen and oxygen atoms in total. The average Bonchev–Trinajstić information content (AvgIpc) is 2.39. The summed E-state index contributed by atoms with van der Waals surface area (Å²) in [4.78, 5) is 2.62. The number of morpholine rings is 1. The first kappa shape index (κ1) is 15.9. The monoisotopic (exact) mass is 256 g/mol. The fourth-order valence-corrected chi connectivity index (χ4v) is 2.79. The van der Waals surface area contributed by atoms with E-state index in [1.807, 2.05) is 0 Å². The maximum atomic E-state index is 5.73. The van der Waals surface area contributed by atoms with Gasteiger partial charge in [-0.15, -0.1) is 0 Å². The molecule has 0 aliphatic carbocycles. The van der Waals surface area contributed by atoms with Crippen molar-refractivity contribution in [2.24, 2.45) is 5.41 Å². The summed E-state index contributed by atoms with van der Waals surface area (Å²) in [5.74, 6) is 0. The van der Waals surface area contributed by atoms with Crippen LogP contribution in [-0.2, 0) is 4.74 Å². The van der Waals surface area contributed by atoms with Crippen LogP contribution in [0.1, 0.15) is 47.5 Å². The lowest BCUT2D eigenvalue weighted by molar-refractivity contribution is -0.0639. The maximum Gasteiger partial charge on any atom is 0.0674 e. The average molecular weight is 256 g/mol. The molecule has 1 saturated heterocycles. The smallest absolute Gasteiger partial charge is 0.0674 e. The molecule has 2 atom stereocenters. The summed E-state index contributed by atoms with van der Waals surface area (Å²) in [6.07, 6.45) is 2.87. The van der Waals surface area contributed by atoms with Crippen LogP contribution in [0.2, 0.25) is 0 Å². The van der Waals surface area contributed by atoms with Gasteiger partial charge in [-0.3, -0.25) is 4.90 Å². The lowest BCUT2D eigenvalue weighted by Crippen LogP contribution is -2.53. The van der Waals surface area contributed by atoms with Gasteiger partial charge in [-0.25, -0.2) is 0 Å². The molecule has 0 aromatic heterocycles. The van der Waals surface area contributed by atoms with E-state index >= 15 is 0 Å². The summed E-state index contributed by atoms with van der Waals surface area (Å²) >= 11 is 0. The molecule has 1 aliphatic rings. The van der Waals surface area contributed by atoms with Crippen LogP contribution in [0, 0.1) is 5.41 Å². The molecule has 108 valence electrons. The summed E-state index contributed by atoms with van der Waals surface area (Å²) < 4.78 is 5.73. The summed E-state index contributed by atoms with van der Waals surface area (Å²) in [7, 11) is 0. The highest BCUT2D eigenvalue weighted by Gasteiger charge is 2.32. The lowest BCUT2D eigenvalue weighted by atomic mass is 9.81. The standard InChI is InChI=1S/C15H32N2O/c1-6-15(7-2,11-16-8-3)12-17-9-14(5)18-10-13(17)4/h13-14,16H,6-12H2,1-5H3. The summed E-state index contributed by atoms with van der Waals surface area (Å²) in [6.45, 7) is 16.7. The first-order chi connectivity index (χ1) is 8.56. The number of hydrogen-bond acceptors (Lipinski definition) is 3. The molecule has 1 heterocycles. The second-order valence-corrected chi connectivity index (χ2v) is 5.91. The van der Waals surface area contributed by atoms with Crippen molar-refractivity contribution in [3.8, 4) is 0 Å². The van der Waals surface area contributed by atoms with E-state index in [-0.39, 0.29) is 0 Å². The minimum absolute atomic E-state index is 0.381. The minimum Gasteiger partial charge on any atom is -0.376 e. The molecule has 3 heteroatoms. The van der Waals surface area contributed by atoms with Gasteiger partial charge in [0.1, 0.15) is 0 Å². The molecule has 1 N–H and O–H groups in total. The molecule has 0 bridgehead atoms. The Labute approximate surface area is 113 Å². The van der Waals surface area contributed by atoms with E-state index in [1.54, 1.807) is 0 Å². The fourth-order valence-electron chi connectivity index (χ4n) is 2.79. The Hall–Kier alpha value is -0.120. The second kappa shape index (κ2) is 7.46. The Morgan fingerprint density at radius 3 is 2.44 bits per heavy atom. The molecular formula is C15H32N2O. The first-order valence-corrected chi connectivity index (χ1v) is 7.63. The van der Waals surface area contributed by atoms with Gasteiger partial charge in [-0.1, -0.05) is 20.8 Å². The zero-order valence-electron chi connectivity index (χ0n) is 13.0. The van der Waals surface area contributed by atoms with Gasteiger partial charge in [0.15, 0.2) is 0 Å². The Morgan fingerprint density at radius 2 is 1.89 bits per heavy atom. The van der Waals surface area contributed by atoms with E-state index in [4.69, 9.17) is 4.74 Å². The number of hydrogen-bond donors (Lipinski definition) is 1. The minimum atomic E-state index is 0.381. The van der Waals surface area contributed by atoms with Gasteiger partial charge >= 0.3 is 0 Å². The number of nitrogens with one attached hydrogen (secondary N) is 1. The van der Waals surface area contributed by atoms with Gasteiger partial charge < -0.3 is 10.1 Å². The molecule has 18 heavy (non-hydrogen) atoms. The summed E-state index contributed by atoms with van der Waals surface area (Å²) in [5, 5.41) is 3.55. The molecule has 2 unspecified atom stereocenters. The van der Waals surface area contributed by atoms with Crippen molar-refractivity contribution < 1.29 is 4.74 Å². The van der Waals surface area contributed by atoms with E-state index in [9.17, 15) is 0 Å². The van der Waals surface area contributed by atoms with Gasteiger partial charge in [0.2, 0.25) is 0 Å². The Kier molecular flexibility index (Phi) is 6.61. The van der Waals surface area contributed by atoms with Crippen LogP contribution >= 0.6 is 0 Å². The van der Waals surface area contributed by atoms with E-state index in [0.717, 1.165) is 26.2 Å². The molecule has 0 aromatic rings. The third kappa shape index (κ3) is 4.22. The van der Waals surface area contributed by atoms with Crippen molar-refractivity contribution in [3.05, 3.63) is 0 Å². The predicted octanol–water partition coefficient (Wildman–Crippen LogP) is 2.51. The van der Waals surface area contributed by atoms with Crippen LogP contribution in [-0.4, -0.2) is 49.8 Å². The Balaban J connectivity index is 2.63. The molecule has 0 radical (unpaired) electrons. The topological polar surface area (TPSA) is 24.5 Å². The molecular weight excluding hydrogens is 224 g/mol. The Bertz CT molecular complexity index is 229. The third-order valence-electron chi connectivity index (χ3n) is 4.53. The van der Waals surface area contributed by atoms with Crippen molar-refractivity contribution in [2.75, 3.05) is 32.8 Å². The highest BCUT2D eigenvalue weighted by atomic mass is 16.5. The molecule has 1 rings (SSSR count). The zero-order valence-corrected chi connectivity index (χ0v) is 13.0. The van der Waals surface area contributed by atoms with E-state index in [0.29, 0.717) is 17.6 Å². The van der Waals surface area contributed by atoms with E-state index < -0.39 is 0 Å². The molecule has 0 aromatic carbocycles. The normalized spacial score (nSPS) is 26.5. The maximum absolute atomic E-state index is 5.73. The quantitative estimate of drug-likeness (QED) is 0.757. The molecule has 0 amide bonds. The van der Waals surface area contributed by atoms with Gasteiger partial charge in [-0.2, -0.15) is 0 Å². The fraction of sp³-hybridized carbons (Fsp3) is 1.00. The highest BCUT2D eigenvalue weighted by molar-refractivity contribution is 4.86. The van der Waals surface area contributed by atoms with Gasteiger partial charge in [0.25, 0.3) is 0 Å². The van der Waals surface area contributed by atoms with Gasteiger partial charge in [0, 0.05) is 25.7 Å². The number of ether oxygens (including phenoxy) is 1. The van der Waals surface area contributed by atoms with Crippen LogP contribution in [0.5, 0.6) is 0 Å². The lowest BCUT2D eigenvalue weighted by Gasteiger charge is -2.43. The largest absolute Gasteiger partial charge is 0.376 e. The van der Waals surface area contributed by atoms with Crippen LogP contribution in [0.25, 0.3) is 0 Å². The molecule has 1 fully saturated rings. The van der Waals surface area contributed by atoms with Crippen LogP contribution in [0.15, 0.2) is 0 Å². The Morgan fingerprint density at radius 1 is 1.22 bits per heavy atom. The van der Waals surface area contributed by atoms with Crippen LogP contribution < -0.4 is 5.32 Å². The molecule has 0 spiro atoms. The second-order valence-electron chi connectivity index (χ2n) is 5.91.